The Balaban J connectivity index is 1.79. The number of piperazine rings is 1. The molecule has 1 heterocycles. The Morgan fingerprint density at radius 2 is 1.60 bits per heavy atom. The second-order valence-electron chi connectivity index (χ2n) is 6.38. The second-order valence-corrected chi connectivity index (χ2v) is 8.29. The Morgan fingerprint density at radius 1 is 0.920 bits per heavy atom. The van der Waals surface area contributed by atoms with Crippen molar-refractivity contribution in [2.24, 2.45) is 0 Å². The first kappa shape index (κ1) is 17.8. The van der Waals surface area contributed by atoms with Crippen molar-refractivity contribution in [2.45, 2.75) is 18.7 Å². The highest BCUT2D eigenvalue weighted by atomic mass is 32.2. The van der Waals surface area contributed by atoms with Crippen LogP contribution in [0.15, 0.2) is 47.4 Å². The highest BCUT2D eigenvalue weighted by Crippen LogP contribution is 2.29. The molecule has 0 aliphatic carbocycles. The standard InChI is InChI=1S/C19H24N2O3S/c1-15-5-4-6-17(13-15)20-9-11-21(12-10-20)25(22,23)19-14-16(2)7-8-18(19)24-3/h4-8,13-14H,9-12H2,1-3H3. The summed E-state index contributed by atoms with van der Waals surface area (Å²) in [5.41, 5.74) is 3.25. The number of benzene rings is 2. The maximum atomic E-state index is 13.0. The van der Waals surface area contributed by atoms with Crippen LogP contribution in [0, 0.1) is 13.8 Å². The first-order valence-corrected chi connectivity index (χ1v) is 9.82. The molecule has 0 unspecified atom stereocenters. The number of hydrogen-bond donors (Lipinski definition) is 0. The lowest BCUT2D eigenvalue weighted by Crippen LogP contribution is -2.48. The normalized spacial score (nSPS) is 16.0. The van der Waals surface area contributed by atoms with Crippen molar-refractivity contribution in [3.63, 3.8) is 0 Å². The van der Waals surface area contributed by atoms with Crippen molar-refractivity contribution in [2.75, 3.05) is 38.2 Å². The molecule has 1 fully saturated rings. The third-order valence-electron chi connectivity index (χ3n) is 4.54. The van der Waals surface area contributed by atoms with Crippen molar-refractivity contribution in [3.05, 3.63) is 53.6 Å². The van der Waals surface area contributed by atoms with Gasteiger partial charge in [-0.05, 0) is 49.2 Å². The number of methoxy groups -OCH3 is 1. The molecule has 25 heavy (non-hydrogen) atoms. The number of anilines is 1. The molecule has 0 amide bonds. The molecule has 0 atom stereocenters. The van der Waals surface area contributed by atoms with Crippen LogP contribution in [0.5, 0.6) is 5.75 Å². The van der Waals surface area contributed by atoms with Gasteiger partial charge in [0, 0.05) is 31.9 Å². The molecule has 0 aromatic heterocycles. The summed E-state index contributed by atoms with van der Waals surface area (Å²) in [7, 11) is -2.06. The fourth-order valence-electron chi connectivity index (χ4n) is 3.14. The van der Waals surface area contributed by atoms with Crippen molar-refractivity contribution in [1.29, 1.82) is 0 Å². The van der Waals surface area contributed by atoms with E-state index >= 15 is 0 Å². The van der Waals surface area contributed by atoms with Gasteiger partial charge in [-0.25, -0.2) is 8.42 Å². The number of hydrogen-bond acceptors (Lipinski definition) is 4. The first-order chi connectivity index (χ1) is 11.9. The van der Waals surface area contributed by atoms with Gasteiger partial charge in [0.2, 0.25) is 10.0 Å². The van der Waals surface area contributed by atoms with E-state index in [1.165, 1.54) is 12.7 Å². The van der Waals surface area contributed by atoms with E-state index in [4.69, 9.17) is 4.74 Å². The van der Waals surface area contributed by atoms with Gasteiger partial charge in [-0.1, -0.05) is 18.2 Å². The van der Waals surface area contributed by atoms with E-state index < -0.39 is 10.0 Å². The van der Waals surface area contributed by atoms with E-state index in [0.29, 0.717) is 31.9 Å². The maximum absolute atomic E-state index is 13.0. The van der Waals surface area contributed by atoms with E-state index in [1.54, 1.807) is 16.4 Å². The fraction of sp³-hybridized carbons (Fsp3) is 0.368. The van der Waals surface area contributed by atoms with E-state index in [1.807, 2.05) is 19.1 Å². The monoisotopic (exact) mass is 360 g/mol. The van der Waals surface area contributed by atoms with Crippen LogP contribution in [-0.4, -0.2) is 46.0 Å². The van der Waals surface area contributed by atoms with E-state index in [0.717, 1.165) is 11.3 Å². The summed E-state index contributed by atoms with van der Waals surface area (Å²) in [6.07, 6.45) is 0. The van der Waals surface area contributed by atoms with E-state index in [-0.39, 0.29) is 4.90 Å². The zero-order valence-electron chi connectivity index (χ0n) is 14.9. The molecule has 1 aliphatic rings. The lowest BCUT2D eigenvalue weighted by molar-refractivity contribution is 0.374. The van der Waals surface area contributed by atoms with Crippen LogP contribution < -0.4 is 9.64 Å². The molecule has 2 aromatic rings. The smallest absolute Gasteiger partial charge is 0.246 e. The maximum Gasteiger partial charge on any atom is 0.246 e. The van der Waals surface area contributed by atoms with Gasteiger partial charge in [-0.3, -0.25) is 0 Å². The molecule has 6 heteroatoms. The zero-order chi connectivity index (χ0) is 18.0. The molecule has 0 N–H and O–H groups in total. The van der Waals surface area contributed by atoms with Crippen LogP contribution in [0.25, 0.3) is 0 Å². The van der Waals surface area contributed by atoms with Crippen LogP contribution in [0.1, 0.15) is 11.1 Å². The van der Waals surface area contributed by atoms with Crippen molar-refractivity contribution in [3.8, 4) is 5.75 Å². The predicted molar refractivity (Wildman–Crippen MR) is 99.9 cm³/mol. The number of sulfonamides is 1. The average molecular weight is 360 g/mol. The Morgan fingerprint density at radius 3 is 2.24 bits per heavy atom. The number of rotatable bonds is 4. The summed E-state index contributed by atoms with van der Waals surface area (Å²) in [6, 6.07) is 13.5. The second kappa shape index (κ2) is 7.06. The summed E-state index contributed by atoms with van der Waals surface area (Å²) >= 11 is 0. The number of aryl methyl sites for hydroxylation is 2. The summed E-state index contributed by atoms with van der Waals surface area (Å²) in [5, 5.41) is 0. The van der Waals surface area contributed by atoms with Gasteiger partial charge in [0.1, 0.15) is 10.6 Å². The predicted octanol–water partition coefficient (Wildman–Crippen LogP) is 2.82. The molecule has 0 saturated carbocycles. The third-order valence-corrected chi connectivity index (χ3v) is 6.46. The quantitative estimate of drug-likeness (QED) is 0.841. The van der Waals surface area contributed by atoms with Gasteiger partial charge >= 0.3 is 0 Å². The summed E-state index contributed by atoms with van der Waals surface area (Å²) in [5.74, 6) is 0.395. The zero-order valence-corrected chi connectivity index (χ0v) is 15.7. The fourth-order valence-corrected chi connectivity index (χ4v) is 4.80. The van der Waals surface area contributed by atoms with Crippen molar-refractivity contribution in [1.82, 2.24) is 4.31 Å². The van der Waals surface area contributed by atoms with E-state index in [9.17, 15) is 8.42 Å². The van der Waals surface area contributed by atoms with Gasteiger partial charge in [-0.2, -0.15) is 4.31 Å². The topological polar surface area (TPSA) is 49.9 Å². The highest BCUT2D eigenvalue weighted by molar-refractivity contribution is 7.89. The molecule has 0 bridgehead atoms. The SMILES string of the molecule is COc1ccc(C)cc1S(=O)(=O)N1CCN(c2cccc(C)c2)CC1. The molecule has 0 radical (unpaired) electrons. The molecular formula is C19H24N2O3S. The molecule has 0 spiro atoms. The lowest BCUT2D eigenvalue weighted by atomic mass is 10.2. The minimum absolute atomic E-state index is 0.249. The number of nitrogens with zero attached hydrogens (tertiary/aromatic N) is 2. The van der Waals surface area contributed by atoms with Gasteiger partial charge in [-0.15, -0.1) is 0 Å². The molecule has 5 nitrogen and oxygen atoms in total. The summed E-state index contributed by atoms with van der Waals surface area (Å²) in [4.78, 5) is 2.48. The Hall–Kier alpha value is -2.05. The van der Waals surface area contributed by atoms with Crippen LogP contribution in [0.4, 0.5) is 5.69 Å². The van der Waals surface area contributed by atoms with Gasteiger partial charge in [0.25, 0.3) is 0 Å². The van der Waals surface area contributed by atoms with Gasteiger partial charge in [0.05, 0.1) is 7.11 Å². The third kappa shape index (κ3) is 3.65. The van der Waals surface area contributed by atoms with Crippen LogP contribution >= 0.6 is 0 Å². The lowest BCUT2D eigenvalue weighted by Gasteiger charge is -2.35. The number of ether oxygens (including phenoxy) is 1. The van der Waals surface area contributed by atoms with Gasteiger partial charge < -0.3 is 9.64 Å². The Labute approximate surface area is 149 Å². The molecule has 3 rings (SSSR count). The summed E-state index contributed by atoms with van der Waals surface area (Å²) < 4.78 is 32.9. The largest absolute Gasteiger partial charge is 0.495 e. The van der Waals surface area contributed by atoms with Crippen molar-refractivity contribution < 1.29 is 13.2 Å². The van der Waals surface area contributed by atoms with Crippen LogP contribution in [-0.2, 0) is 10.0 Å². The molecular weight excluding hydrogens is 336 g/mol. The average Bonchev–Trinajstić information content (AvgIpc) is 2.62. The summed E-state index contributed by atoms with van der Waals surface area (Å²) in [6.45, 7) is 6.23. The van der Waals surface area contributed by atoms with Gasteiger partial charge in [0.15, 0.2) is 0 Å². The van der Waals surface area contributed by atoms with Crippen LogP contribution in [0.2, 0.25) is 0 Å². The molecule has 2 aromatic carbocycles. The first-order valence-electron chi connectivity index (χ1n) is 8.38. The van der Waals surface area contributed by atoms with Crippen LogP contribution in [0.3, 0.4) is 0 Å². The minimum atomic E-state index is -3.56. The molecule has 134 valence electrons. The highest BCUT2D eigenvalue weighted by Gasteiger charge is 2.31. The molecule has 1 saturated heterocycles. The van der Waals surface area contributed by atoms with E-state index in [2.05, 4.69) is 30.0 Å². The van der Waals surface area contributed by atoms with Crippen molar-refractivity contribution >= 4 is 15.7 Å². The Bertz CT molecular complexity index is 857. The Kier molecular flexibility index (Phi) is 5.01. The minimum Gasteiger partial charge on any atom is -0.495 e. The molecule has 1 aliphatic heterocycles.